The van der Waals surface area contributed by atoms with Crippen LogP contribution in [0.15, 0.2) is 48.5 Å². The minimum Gasteiger partial charge on any atom is -0.494 e. The lowest BCUT2D eigenvalue weighted by Crippen LogP contribution is -2.36. The molecule has 0 saturated carbocycles. The van der Waals surface area contributed by atoms with E-state index in [0.29, 0.717) is 11.7 Å². The molecule has 2 N–H and O–H groups in total. The average molecular weight is 318 g/mol. The van der Waals surface area contributed by atoms with Gasteiger partial charge in [0.2, 0.25) is 0 Å². The zero-order valence-electron chi connectivity index (χ0n) is 12.6. The first-order valence-corrected chi connectivity index (χ1v) is 7.42. The van der Waals surface area contributed by atoms with Crippen molar-refractivity contribution < 1.29 is 9.13 Å². The third-order valence-electron chi connectivity index (χ3n) is 3.32. The van der Waals surface area contributed by atoms with Crippen molar-refractivity contribution >= 4 is 17.3 Å². The first-order chi connectivity index (χ1) is 10.6. The molecule has 3 nitrogen and oxygen atoms in total. The molecule has 2 rings (SSSR count). The van der Waals surface area contributed by atoms with E-state index in [4.69, 9.17) is 17.0 Å². The SMILES string of the molecule is COc1ccc([C@H](C)NC(=S)NCc2ccccc2)cc1F. The molecule has 0 aromatic heterocycles. The van der Waals surface area contributed by atoms with Crippen LogP contribution in [0.5, 0.6) is 5.75 Å². The highest BCUT2D eigenvalue weighted by Gasteiger charge is 2.10. The molecule has 0 heterocycles. The molecule has 0 unspecified atom stereocenters. The molecule has 5 heteroatoms. The Balaban J connectivity index is 1.89. The van der Waals surface area contributed by atoms with Gasteiger partial charge in [0.15, 0.2) is 16.7 Å². The summed E-state index contributed by atoms with van der Waals surface area (Å²) in [6, 6.07) is 14.8. The van der Waals surface area contributed by atoms with Crippen LogP contribution < -0.4 is 15.4 Å². The van der Waals surface area contributed by atoms with Gasteiger partial charge in [-0.05, 0) is 42.4 Å². The molecule has 2 aromatic rings. The highest BCUT2D eigenvalue weighted by molar-refractivity contribution is 7.80. The fourth-order valence-electron chi connectivity index (χ4n) is 2.06. The first-order valence-electron chi connectivity index (χ1n) is 7.02. The minimum absolute atomic E-state index is 0.101. The number of thiocarbonyl (C=S) groups is 1. The van der Waals surface area contributed by atoms with Gasteiger partial charge in [0.05, 0.1) is 13.2 Å². The predicted molar refractivity (Wildman–Crippen MR) is 90.4 cm³/mol. The second-order valence-corrected chi connectivity index (χ2v) is 5.34. The van der Waals surface area contributed by atoms with Gasteiger partial charge in [0.1, 0.15) is 0 Å². The Morgan fingerprint density at radius 1 is 1.23 bits per heavy atom. The predicted octanol–water partition coefficient (Wildman–Crippen LogP) is 3.56. The van der Waals surface area contributed by atoms with Crippen LogP contribution in [0.1, 0.15) is 24.1 Å². The number of methoxy groups -OCH3 is 1. The molecule has 116 valence electrons. The summed E-state index contributed by atoms with van der Waals surface area (Å²) in [5.74, 6) is -0.141. The molecule has 0 fully saturated rings. The number of rotatable bonds is 5. The molecule has 0 radical (unpaired) electrons. The van der Waals surface area contributed by atoms with Crippen molar-refractivity contribution in [2.24, 2.45) is 0 Å². The maximum Gasteiger partial charge on any atom is 0.167 e. The fourth-order valence-corrected chi connectivity index (χ4v) is 2.31. The molecule has 2 aromatic carbocycles. The summed E-state index contributed by atoms with van der Waals surface area (Å²) in [6.45, 7) is 2.58. The summed E-state index contributed by atoms with van der Waals surface area (Å²) in [7, 11) is 1.45. The Morgan fingerprint density at radius 2 is 1.95 bits per heavy atom. The van der Waals surface area contributed by atoms with E-state index in [1.165, 1.54) is 13.2 Å². The Kier molecular flexibility index (Phi) is 5.72. The van der Waals surface area contributed by atoms with Crippen LogP contribution >= 0.6 is 12.2 Å². The Morgan fingerprint density at radius 3 is 2.59 bits per heavy atom. The summed E-state index contributed by atoms with van der Waals surface area (Å²) < 4.78 is 18.6. The second kappa shape index (κ2) is 7.75. The van der Waals surface area contributed by atoms with Crippen LogP contribution in [0.3, 0.4) is 0 Å². The number of halogens is 1. The maximum atomic E-state index is 13.7. The largest absolute Gasteiger partial charge is 0.494 e. The zero-order chi connectivity index (χ0) is 15.9. The number of benzene rings is 2. The number of nitrogens with one attached hydrogen (secondary N) is 2. The molecule has 22 heavy (non-hydrogen) atoms. The zero-order valence-corrected chi connectivity index (χ0v) is 13.4. The van der Waals surface area contributed by atoms with Gasteiger partial charge in [-0.15, -0.1) is 0 Å². The van der Waals surface area contributed by atoms with Crippen LogP contribution in [0, 0.1) is 5.82 Å². The molecular weight excluding hydrogens is 299 g/mol. The van der Waals surface area contributed by atoms with Crippen LogP contribution in [-0.2, 0) is 6.54 Å². The Hall–Kier alpha value is -2.14. The van der Waals surface area contributed by atoms with E-state index < -0.39 is 0 Å². The van der Waals surface area contributed by atoms with Gasteiger partial charge in [-0.25, -0.2) is 4.39 Å². The topological polar surface area (TPSA) is 33.3 Å². The lowest BCUT2D eigenvalue weighted by Gasteiger charge is -2.18. The average Bonchev–Trinajstić information content (AvgIpc) is 2.53. The lowest BCUT2D eigenvalue weighted by molar-refractivity contribution is 0.386. The normalized spacial score (nSPS) is 11.6. The quantitative estimate of drug-likeness (QED) is 0.826. The van der Waals surface area contributed by atoms with Gasteiger partial charge in [0.25, 0.3) is 0 Å². The summed E-state index contributed by atoms with van der Waals surface area (Å²) in [5.41, 5.74) is 1.96. The number of hydrogen-bond donors (Lipinski definition) is 2. The molecular formula is C17H19FN2OS. The minimum atomic E-state index is -0.378. The van der Waals surface area contributed by atoms with E-state index in [9.17, 15) is 4.39 Å². The van der Waals surface area contributed by atoms with E-state index in [-0.39, 0.29) is 17.6 Å². The summed E-state index contributed by atoms with van der Waals surface area (Å²) in [5, 5.41) is 6.82. The van der Waals surface area contributed by atoms with Crippen molar-refractivity contribution in [3.8, 4) is 5.75 Å². The molecule has 0 aliphatic carbocycles. The third kappa shape index (κ3) is 4.43. The van der Waals surface area contributed by atoms with Crippen LogP contribution in [-0.4, -0.2) is 12.2 Å². The van der Waals surface area contributed by atoms with E-state index in [0.717, 1.165) is 11.1 Å². The molecule has 0 saturated heterocycles. The second-order valence-electron chi connectivity index (χ2n) is 4.93. The first kappa shape index (κ1) is 16.2. The van der Waals surface area contributed by atoms with E-state index in [1.807, 2.05) is 43.3 Å². The van der Waals surface area contributed by atoms with Gasteiger partial charge in [-0.3, -0.25) is 0 Å². The van der Waals surface area contributed by atoms with Crippen LogP contribution in [0.25, 0.3) is 0 Å². The smallest absolute Gasteiger partial charge is 0.167 e. The van der Waals surface area contributed by atoms with E-state index >= 15 is 0 Å². The standard InChI is InChI=1S/C17H19FN2OS/c1-12(14-8-9-16(21-2)15(18)10-14)20-17(22)19-11-13-6-4-3-5-7-13/h3-10,12H,11H2,1-2H3,(H2,19,20,22)/t12-/m0/s1. The summed E-state index contributed by atoms with van der Waals surface area (Å²) >= 11 is 5.27. The van der Waals surface area contributed by atoms with Crippen molar-refractivity contribution in [3.05, 3.63) is 65.5 Å². The van der Waals surface area contributed by atoms with Crippen molar-refractivity contribution in [3.63, 3.8) is 0 Å². The van der Waals surface area contributed by atoms with Gasteiger partial charge in [0, 0.05) is 6.54 Å². The Labute approximate surface area is 135 Å². The fraction of sp³-hybridized carbons (Fsp3) is 0.235. The lowest BCUT2D eigenvalue weighted by atomic mass is 10.1. The summed E-state index contributed by atoms with van der Waals surface area (Å²) in [6.07, 6.45) is 0. The van der Waals surface area contributed by atoms with Crippen molar-refractivity contribution in [2.45, 2.75) is 19.5 Å². The third-order valence-corrected chi connectivity index (χ3v) is 3.58. The van der Waals surface area contributed by atoms with Gasteiger partial charge >= 0.3 is 0 Å². The van der Waals surface area contributed by atoms with Gasteiger partial charge in [-0.2, -0.15) is 0 Å². The monoisotopic (exact) mass is 318 g/mol. The van der Waals surface area contributed by atoms with Crippen molar-refractivity contribution in [1.29, 1.82) is 0 Å². The van der Waals surface area contributed by atoms with Crippen LogP contribution in [0.2, 0.25) is 0 Å². The van der Waals surface area contributed by atoms with Gasteiger partial charge < -0.3 is 15.4 Å². The van der Waals surface area contributed by atoms with Crippen LogP contribution in [0.4, 0.5) is 4.39 Å². The highest BCUT2D eigenvalue weighted by Crippen LogP contribution is 2.21. The highest BCUT2D eigenvalue weighted by atomic mass is 32.1. The summed E-state index contributed by atoms with van der Waals surface area (Å²) in [4.78, 5) is 0. The molecule has 0 aliphatic rings. The van der Waals surface area contributed by atoms with Crippen molar-refractivity contribution in [2.75, 3.05) is 7.11 Å². The molecule has 0 spiro atoms. The molecule has 0 amide bonds. The van der Waals surface area contributed by atoms with E-state index in [1.54, 1.807) is 6.07 Å². The number of hydrogen-bond acceptors (Lipinski definition) is 2. The molecule has 0 bridgehead atoms. The Bertz CT molecular complexity index is 634. The number of ether oxygens (including phenoxy) is 1. The molecule has 0 aliphatic heterocycles. The van der Waals surface area contributed by atoms with Gasteiger partial charge in [-0.1, -0.05) is 36.4 Å². The van der Waals surface area contributed by atoms with Crippen molar-refractivity contribution in [1.82, 2.24) is 10.6 Å². The maximum absolute atomic E-state index is 13.7. The molecule has 1 atom stereocenters. The van der Waals surface area contributed by atoms with E-state index in [2.05, 4.69) is 10.6 Å².